The average Bonchev–Trinajstić information content (AvgIpc) is 2.79. The van der Waals surface area contributed by atoms with Gasteiger partial charge >= 0.3 is 0 Å². The Kier molecular flexibility index (Phi) is 7.41. The lowest BCUT2D eigenvalue weighted by Crippen LogP contribution is -2.31. The Bertz CT molecular complexity index is 1170. The van der Waals surface area contributed by atoms with Gasteiger partial charge in [0, 0.05) is 11.3 Å². The van der Waals surface area contributed by atoms with E-state index in [9.17, 15) is 14.4 Å². The van der Waals surface area contributed by atoms with E-state index in [-0.39, 0.29) is 22.1 Å². The smallest absolute Gasteiger partial charge is 0.272 e. The Hall–Kier alpha value is -3.90. The minimum absolute atomic E-state index is 0.0238. The van der Waals surface area contributed by atoms with Crippen LogP contribution in [0.5, 0.6) is 5.75 Å². The molecule has 162 valence electrons. The summed E-state index contributed by atoms with van der Waals surface area (Å²) >= 11 is 6.12. The van der Waals surface area contributed by atoms with Crippen LogP contribution in [0.1, 0.15) is 33.2 Å². The number of Topliss-reactive ketones (excluding diaryl/α,β-unsaturated/α-hetero) is 1. The number of halogens is 1. The first-order valence-electron chi connectivity index (χ1n) is 9.71. The van der Waals surface area contributed by atoms with Crippen molar-refractivity contribution in [3.05, 3.63) is 100 Å². The molecule has 0 atom stereocenters. The fourth-order valence-electron chi connectivity index (χ4n) is 2.85. The van der Waals surface area contributed by atoms with Crippen LogP contribution in [0.4, 0.5) is 5.69 Å². The summed E-state index contributed by atoms with van der Waals surface area (Å²) in [5.74, 6) is -0.456. The van der Waals surface area contributed by atoms with Crippen molar-refractivity contribution in [2.45, 2.75) is 6.92 Å². The van der Waals surface area contributed by atoms with Crippen LogP contribution < -0.4 is 15.4 Å². The van der Waals surface area contributed by atoms with Gasteiger partial charge in [0.25, 0.3) is 11.8 Å². The van der Waals surface area contributed by atoms with Crippen molar-refractivity contribution in [3.63, 3.8) is 0 Å². The number of anilines is 1. The fourth-order valence-corrected chi connectivity index (χ4v) is 3.07. The minimum Gasteiger partial charge on any atom is -0.497 e. The number of hydrogen-bond donors (Lipinski definition) is 2. The van der Waals surface area contributed by atoms with Crippen LogP contribution in [0.3, 0.4) is 0 Å². The molecule has 0 aliphatic heterocycles. The first-order chi connectivity index (χ1) is 15.4. The van der Waals surface area contributed by atoms with Crippen molar-refractivity contribution >= 4 is 41.0 Å². The highest BCUT2D eigenvalue weighted by Crippen LogP contribution is 2.18. The quantitative estimate of drug-likeness (QED) is 0.395. The van der Waals surface area contributed by atoms with Gasteiger partial charge in [-0.25, -0.2) is 0 Å². The molecular weight excluding hydrogens is 428 g/mol. The standard InChI is InChI=1S/C25H21ClN2O4/c1-16(29)18-9-11-19(12-10-18)27-25(31)23(15-17-7-13-20(32-2)14-8-17)28-24(30)21-5-3-4-6-22(21)26/h3-15H,1-2H3,(H,27,31)(H,28,30). The fraction of sp³-hybridized carbons (Fsp3) is 0.0800. The number of amides is 2. The maximum Gasteiger partial charge on any atom is 0.272 e. The Morgan fingerprint density at radius 2 is 1.56 bits per heavy atom. The van der Waals surface area contributed by atoms with E-state index in [0.29, 0.717) is 22.6 Å². The van der Waals surface area contributed by atoms with E-state index in [0.717, 1.165) is 0 Å². The zero-order chi connectivity index (χ0) is 23.1. The van der Waals surface area contributed by atoms with Gasteiger partial charge in [-0.05, 0) is 67.1 Å². The van der Waals surface area contributed by atoms with E-state index in [1.165, 1.54) is 6.92 Å². The number of rotatable bonds is 7. The van der Waals surface area contributed by atoms with E-state index < -0.39 is 11.8 Å². The summed E-state index contributed by atoms with van der Waals surface area (Å²) in [5, 5.41) is 5.64. The van der Waals surface area contributed by atoms with Crippen molar-refractivity contribution < 1.29 is 19.1 Å². The molecule has 0 aliphatic carbocycles. The summed E-state index contributed by atoms with van der Waals surface area (Å²) in [6, 6.07) is 20.1. The van der Waals surface area contributed by atoms with Crippen molar-refractivity contribution in [1.29, 1.82) is 0 Å². The molecule has 0 heterocycles. The van der Waals surface area contributed by atoms with E-state index >= 15 is 0 Å². The second-order valence-electron chi connectivity index (χ2n) is 6.85. The molecule has 0 aromatic heterocycles. The van der Waals surface area contributed by atoms with Crippen molar-refractivity contribution in [2.75, 3.05) is 12.4 Å². The third-order valence-electron chi connectivity index (χ3n) is 4.59. The molecule has 0 fully saturated rings. The molecule has 3 rings (SSSR count). The van der Waals surface area contributed by atoms with Gasteiger partial charge < -0.3 is 15.4 Å². The first-order valence-corrected chi connectivity index (χ1v) is 10.1. The van der Waals surface area contributed by atoms with Gasteiger partial charge in [-0.1, -0.05) is 35.9 Å². The highest BCUT2D eigenvalue weighted by molar-refractivity contribution is 6.34. The molecular formula is C25H21ClN2O4. The first kappa shape index (κ1) is 22.8. The molecule has 32 heavy (non-hydrogen) atoms. The monoisotopic (exact) mass is 448 g/mol. The van der Waals surface area contributed by atoms with Crippen molar-refractivity contribution in [3.8, 4) is 5.75 Å². The molecule has 0 saturated carbocycles. The Labute approximate surface area is 190 Å². The number of carbonyl (C=O) groups is 3. The SMILES string of the molecule is COc1ccc(C=C(NC(=O)c2ccccc2Cl)C(=O)Nc2ccc(C(C)=O)cc2)cc1. The van der Waals surface area contributed by atoms with Gasteiger partial charge in [0.2, 0.25) is 0 Å². The number of carbonyl (C=O) groups excluding carboxylic acids is 3. The molecule has 0 aliphatic rings. The minimum atomic E-state index is -0.531. The predicted molar refractivity (Wildman–Crippen MR) is 125 cm³/mol. The summed E-state index contributed by atoms with van der Waals surface area (Å²) < 4.78 is 5.15. The molecule has 0 spiro atoms. The molecule has 6 nitrogen and oxygen atoms in total. The van der Waals surface area contributed by atoms with Crippen LogP contribution >= 0.6 is 11.6 Å². The molecule has 7 heteroatoms. The number of hydrogen-bond acceptors (Lipinski definition) is 4. The topological polar surface area (TPSA) is 84.5 Å². The molecule has 0 bridgehead atoms. The molecule has 0 radical (unpaired) electrons. The van der Waals surface area contributed by atoms with E-state index in [2.05, 4.69) is 10.6 Å². The van der Waals surface area contributed by atoms with Crippen molar-refractivity contribution in [1.82, 2.24) is 5.32 Å². The average molecular weight is 449 g/mol. The van der Waals surface area contributed by atoms with Gasteiger partial charge in [-0.15, -0.1) is 0 Å². The zero-order valence-electron chi connectivity index (χ0n) is 17.5. The summed E-state index contributed by atoms with van der Waals surface area (Å²) in [5.41, 5.74) is 1.96. The van der Waals surface area contributed by atoms with Crippen molar-refractivity contribution in [2.24, 2.45) is 0 Å². The van der Waals surface area contributed by atoms with Crippen LogP contribution in [0.2, 0.25) is 5.02 Å². The Morgan fingerprint density at radius 1 is 0.906 bits per heavy atom. The maximum atomic E-state index is 13.0. The normalized spacial score (nSPS) is 10.9. The lowest BCUT2D eigenvalue weighted by atomic mass is 10.1. The zero-order valence-corrected chi connectivity index (χ0v) is 18.3. The van der Waals surface area contributed by atoms with Gasteiger partial charge in [-0.2, -0.15) is 0 Å². The largest absolute Gasteiger partial charge is 0.497 e. The van der Waals surface area contributed by atoms with Crippen LogP contribution in [0.15, 0.2) is 78.5 Å². The Morgan fingerprint density at radius 3 is 2.16 bits per heavy atom. The van der Waals surface area contributed by atoms with E-state index in [4.69, 9.17) is 16.3 Å². The van der Waals surface area contributed by atoms with Gasteiger partial charge in [0.05, 0.1) is 17.7 Å². The second-order valence-corrected chi connectivity index (χ2v) is 7.26. The van der Waals surface area contributed by atoms with E-state index in [1.54, 1.807) is 86.0 Å². The molecule has 0 saturated heterocycles. The number of ketones is 1. The van der Waals surface area contributed by atoms with E-state index in [1.807, 2.05) is 0 Å². The second kappa shape index (κ2) is 10.4. The van der Waals surface area contributed by atoms with Crippen LogP contribution in [-0.4, -0.2) is 24.7 Å². The summed E-state index contributed by atoms with van der Waals surface area (Å²) in [4.78, 5) is 37.2. The Balaban J connectivity index is 1.88. The lowest BCUT2D eigenvalue weighted by Gasteiger charge is -2.12. The maximum absolute atomic E-state index is 13.0. The molecule has 0 unspecified atom stereocenters. The number of benzene rings is 3. The highest BCUT2D eigenvalue weighted by atomic mass is 35.5. The van der Waals surface area contributed by atoms with Crippen LogP contribution in [-0.2, 0) is 4.79 Å². The van der Waals surface area contributed by atoms with Gasteiger partial charge in [0.15, 0.2) is 5.78 Å². The summed E-state index contributed by atoms with van der Waals surface area (Å²) in [6.45, 7) is 1.47. The number of nitrogens with one attached hydrogen (secondary N) is 2. The molecule has 2 amide bonds. The van der Waals surface area contributed by atoms with Gasteiger partial charge in [-0.3, -0.25) is 14.4 Å². The van der Waals surface area contributed by atoms with Crippen LogP contribution in [0, 0.1) is 0 Å². The summed E-state index contributed by atoms with van der Waals surface area (Å²) in [6.07, 6.45) is 1.55. The summed E-state index contributed by atoms with van der Waals surface area (Å²) in [7, 11) is 1.56. The molecule has 2 N–H and O–H groups in total. The highest BCUT2D eigenvalue weighted by Gasteiger charge is 2.17. The van der Waals surface area contributed by atoms with Gasteiger partial charge in [0.1, 0.15) is 11.4 Å². The molecule has 3 aromatic rings. The van der Waals surface area contributed by atoms with Crippen LogP contribution in [0.25, 0.3) is 6.08 Å². The third kappa shape index (κ3) is 5.83. The predicted octanol–water partition coefficient (Wildman–Crippen LogP) is 4.96. The number of ether oxygens (including phenoxy) is 1. The molecule has 3 aromatic carbocycles. The lowest BCUT2D eigenvalue weighted by molar-refractivity contribution is -0.113. The third-order valence-corrected chi connectivity index (χ3v) is 4.92. The number of methoxy groups -OCH3 is 1.